The highest BCUT2D eigenvalue weighted by molar-refractivity contribution is 7.15. The second kappa shape index (κ2) is 5.34. The van der Waals surface area contributed by atoms with Crippen LogP contribution in [-0.2, 0) is 17.8 Å². The van der Waals surface area contributed by atoms with E-state index in [0.29, 0.717) is 6.54 Å². The number of carboxylic acids is 1. The first-order chi connectivity index (χ1) is 9.65. The summed E-state index contributed by atoms with van der Waals surface area (Å²) >= 11 is 1.68. The van der Waals surface area contributed by atoms with Gasteiger partial charge in [0.2, 0.25) is 0 Å². The minimum absolute atomic E-state index is 0.439. The second-order valence-electron chi connectivity index (χ2n) is 4.99. The molecule has 1 aromatic carbocycles. The van der Waals surface area contributed by atoms with Crippen LogP contribution in [0.25, 0.3) is 10.6 Å². The van der Waals surface area contributed by atoms with Gasteiger partial charge in [-0.15, -0.1) is 11.3 Å². The van der Waals surface area contributed by atoms with Crippen molar-refractivity contribution in [3.05, 3.63) is 40.9 Å². The van der Waals surface area contributed by atoms with Gasteiger partial charge in [0.15, 0.2) is 0 Å². The van der Waals surface area contributed by atoms with Gasteiger partial charge in [0.05, 0.1) is 5.69 Å². The standard InChI is InChI=1S/C15H16N2O2S/c1-10(15(18)19)17-8-7-12-13(9-17)20-14(16-12)11-5-3-2-4-6-11/h2-6,10H,7-9H2,1H3,(H,18,19). The van der Waals surface area contributed by atoms with Crippen molar-refractivity contribution in [2.45, 2.75) is 25.9 Å². The zero-order valence-corrected chi connectivity index (χ0v) is 12.1. The Morgan fingerprint density at radius 3 is 2.85 bits per heavy atom. The van der Waals surface area contributed by atoms with Crippen LogP contribution in [0.4, 0.5) is 0 Å². The minimum Gasteiger partial charge on any atom is -0.480 e. The fourth-order valence-corrected chi connectivity index (χ4v) is 3.55. The maximum absolute atomic E-state index is 11.1. The second-order valence-corrected chi connectivity index (χ2v) is 6.07. The maximum atomic E-state index is 11.1. The molecule has 4 nitrogen and oxygen atoms in total. The van der Waals surface area contributed by atoms with Crippen LogP contribution in [0.3, 0.4) is 0 Å². The summed E-state index contributed by atoms with van der Waals surface area (Å²) in [6, 6.07) is 9.69. The van der Waals surface area contributed by atoms with Crippen LogP contribution in [0, 0.1) is 0 Å². The van der Waals surface area contributed by atoms with Crippen LogP contribution >= 0.6 is 11.3 Å². The number of nitrogens with zero attached hydrogens (tertiary/aromatic N) is 2. The molecule has 1 unspecified atom stereocenters. The predicted molar refractivity (Wildman–Crippen MR) is 78.8 cm³/mol. The third-order valence-corrected chi connectivity index (χ3v) is 4.82. The number of aromatic nitrogens is 1. The van der Waals surface area contributed by atoms with Crippen molar-refractivity contribution in [1.29, 1.82) is 0 Å². The van der Waals surface area contributed by atoms with E-state index < -0.39 is 12.0 Å². The smallest absolute Gasteiger partial charge is 0.320 e. The Morgan fingerprint density at radius 1 is 1.40 bits per heavy atom. The van der Waals surface area contributed by atoms with E-state index in [1.807, 2.05) is 23.1 Å². The van der Waals surface area contributed by atoms with Crippen molar-refractivity contribution in [3.63, 3.8) is 0 Å². The van der Waals surface area contributed by atoms with Crippen LogP contribution < -0.4 is 0 Å². The predicted octanol–water partition coefficient (Wildman–Crippen LogP) is 2.64. The summed E-state index contributed by atoms with van der Waals surface area (Å²) in [7, 11) is 0. The molecule has 0 amide bonds. The molecule has 1 aliphatic heterocycles. The molecule has 0 fully saturated rings. The molecule has 1 aliphatic rings. The van der Waals surface area contributed by atoms with E-state index in [4.69, 9.17) is 10.1 Å². The summed E-state index contributed by atoms with van der Waals surface area (Å²) in [4.78, 5) is 19.0. The average molecular weight is 288 g/mol. The van der Waals surface area contributed by atoms with Crippen LogP contribution in [0.2, 0.25) is 0 Å². The Bertz CT molecular complexity index is 624. The van der Waals surface area contributed by atoms with Gasteiger partial charge in [-0.2, -0.15) is 0 Å². The van der Waals surface area contributed by atoms with Crippen LogP contribution in [0.5, 0.6) is 0 Å². The Hall–Kier alpha value is -1.72. The van der Waals surface area contributed by atoms with Crippen molar-refractivity contribution in [1.82, 2.24) is 9.88 Å². The summed E-state index contributed by atoms with van der Waals surface area (Å²) in [5.74, 6) is -0.763. The Balaban J connectivity index is 1.85. The van der Waals surface area contributed by atoms with Crippen LogP contribution in [0.15, 0.2) is 30.3 Å². The average Bonchev–Trinajstić information content (AvgIpc) is 2.90. The zero-order valence-electron chi connectivity index (χ0n) is 11.2. The number of rotatable bonds is 3. The number of aliphatic carboxylic acids is 1. The van der Waals surface area contributed by atoms with Crippen molar-refractivity contribution >= 4 is 17.3 Å². The van der Waals surface area contributed by atoms with Crippen LogP contribution in [0.1, 0.15) is 17.5 Å². The molecule has 104 valence electrons. The van der Waals surface area contributed by atoms with E-state index in [1.54, 1.807) is 18.3 Å². The number of thiazole rings is 1. The Kier molecular flexibility index (Phi) is 3.54. The van der Waals surface area contributed by atoms with E-state index in [1.165, 1.54) is 4.88 Å². The molecule has 5 heteroatoms. The SMILES string of the molecule is CC(C(=O)O)N1CCc2nc(-c3ccccc3)sc2C1. The van der Waals surface area contributed by atoms with Crippen molar-refractivity contribution in [2.24, 2.45) is 0 Å². The van der Waals surface area contributed by atoms with Crippen LogP contribution in [-0.4, -0.2) is 33.5 Å². The van der Waals surface area contributed by atoms with Gasteiger partial charge in [-0.1, -0.05) is 30.3 Å². The molecular weight excluding hydrogens is 272 g/mol. The highest BCUT2D eigenvalue weighted by Crippen LogP contribution is 2.32. The molecular formula is C15H16N2O2S. The van der Waals surface area contributed by atoms with E-state index in [9.17, 15) is 4.79 Å². The molecule has 0 aliphatic carbocycles. The van der Waals surface area contributed by atoms with Crippen molar-refractivity contribution in [2.75, 3.05) is 6.54 Å². The summed E-state index contributed by atoms with van der Waals surface area (Å²) < 4.78 is 0. The molecule has 1 atom stereocenters. The zero-order chi connectivity index (χ0) is 14.1. The molecule has 1 aromatic heterocycles. The topological polar surface area (TPSA) is 53.4 Å². The first-order valence-electron chi connectivity index (χ1n) is 6.66. The fraction of sp³-hybridized carbons (Fsp3) is 0.333. The molecule has 0 saturated carbocycles. The molecule has 0 bridgehead atoms. The lowest BCUT2D eigenvalue weighted by atomic mass is 10.1. The number of carboxylic acid groups (broad SMARTS) is 1. The largest absolute Gasteiger partial charge is 0.480 e. The molecule has 2 heterocycles. The highest BCUT2D eigenvalue weighted by Gasteiger charge is 2.27. The van der Waals surface area contributed by atoms with Gasteiger partial charge >= 0.3 is 5.97 Å². The third-order valence-electron chi connectivity index (χ3n) is 3.69. The molecule has 20 heavy (non-hydrogen) atoms. The van der Waals surface area contributed by atoms with Gasteiger partial charge in [-0.05, 0) is 6.92 Å². The highest BCUT2D eigenvalue weighted by atomic mass is 32.1. The normalized spacial score (nSPS) is 16.6. The van der Waals surface area contributed by atoms with E-state index >= 15 is 0 Å². The van der Waals surface area contributed by atoms with Crippen molar-refractivity contribution < 1.29 is 9.90 Å². The summed E-state index contributed by atoms with van der Waals surface area (Å²) in [6.07, 6.45) is 0.830. The van der Waals surface area contributed by atoms with E-state index in [-0.39, 0.29) is 0 Å². The van der Waals surface area contributed by atoms with Gasteiger partial charge in [0, 0.05) is 30.0 Å². The third kappa shape index (κ3) is 2.46. The fourth-order valence-electron chi connectivity index (χ4n) is 2.41. The lowest BCUT2D eigenvalue weighted by Crippen LogP contribution is -2.41. The molecule has 3 rings (SSSR count). The lowest BCUT2D eigenvalue weighted by Gasteiger charge is -2.28. The lowest BCUT2D eigenvalue weighted by molar-refractivity contribution is -0.142. The number of hydrogen-bond acceptors (Lipinski definition) is 4. The molecule has 0 radical (unpaired) electrons. The molecule has 0 spiro atoms. The molecule has 1 N–H and O–H groups in total. The number of fused-ring (bicyclic) bond motifs is 1. The van der Waals surface area contributed by atoms with E-state index in [2.05, 4.69) is 12.1 Å². The molecule has 0 saturated heterocycles. The van der Waals surface area contributed by atoms with Gasteiger partial charge in [0.1, 0.15) is 11.0 Å². The maximum Gasteiger partial charge on any atom is 0.320 e. The summed E-state index contributed by atoms with van der Waals surface area (Å²) in [6.45, 7) is 3.19. The van der Waals surface area contributed by atoms with Gasteiger partial charge in [-0.3, -0.25) is 9.69 Å². The summed E-state index contributed by atoms with van der Waals surface area (Å²) in [5.41, 5.74) is 2.26. The van der Waals surface area contributed by atoms with Gasteiger partial charge < -0.3 is 5.11 Å². The minimum atomic E-state index is -0.763. The molecule has 2 aromatic rings. The summed E-state index contributed by atoms with van der Waals surface area (Å²) in [5, 5.41) is 10.1. The Labute approximate surface area is 121 Å². The van der Waals surface area contributed by atoms with Crippen molar-refractivity contribution in [3.8, 4) is 10.6 Å². The first-order valence-corrected chi connectivity index (χ1v) is 7.47. The van der Waals surface area contributed by atoms with Gasteiger partial charge in [0.25, 0.3) is 0 Å². The Morgan fingerprint density at radius 2 is 2.15 bits per heavy atom. The van der Waals surface area contributed by atoms with E-state index in [0.717, 1.165) is 29.2 Å². The quantitative estimate of drug-likeness (QED) is 0.943. The monoisotopic (exact) mass is 288 g/mol. The van der Waals surface area contributed by atoms with Gasteiger partial charge in [-0.25, -0.2) is 4.98 Å². The number of carbonyl (C=O) groups is 1. The number of benzene rings is 1. The first kappa shape index (κ1) is 13.3. The number of hydrogen-bond donors (Lipinski definition) is 1.